The molecule has 0 unspecified atom stereocenters. The molecule has 1 rings (SSSR count). The lowest BCUT2D eigenvalue weighted by Crippen LogP contribution is -2.58. The zero-order valence-electron chi connectivity index (χ0n) is 18.1. The minimum absolute atomic E-state index is 0.0864. The highest BCUT2D eigenvalue weighted by Crippen LogP contribution is 2.16. The molecule has 0 aliphatic carbocycles. The monoisotopic (exact) mass is 405 g/mol. The van der Waals surface area contributed by atoms with Crippen LogP contribution in [-0.4, -0.2) is 52.5 Å². The van der Waals surface area contributed by atoms with Crippen molar-refractivity contribution >= 4 is 17.8 Å². The minimum atomic E-state index is -1.05. The van der Waals surface area contributed by atoms with Crippen molar-refractivity contribution in [2.24, 2.45) is 17.6 Å². The van der Waals surface area contributed by atoms with Crippen LogP contribution in [0.2, 0.25) is 0 Å². The number of nitrogens with two attached hydrogens (primary N) is 1. The van der Waals surface area contributed by atoms with Gasteiger partial charge in [0.2, 0.25) is 11.8 Å². The van der Waals surface area contributed by atoms with Crippen LogP contribution in [0.5, 0.6) is 0 Å². The molecule has 0 saturated heterocycles. The molecule has 1 aromatic rings. The van der Waals surface area contributed by atoms with E-state index in [2.05, 4.69) is 5.32 Å². The van der Waals surface area contributed by atoms with Crippen molar-refractivity contribution in [1.29, 1.82) is 0 Å². The summed E-state index contributed by atoms with van der Waals surface area (Å²) in [6.07, 6.45) is 0.876. The summed E-state index contributed by atoms with van der Waals surface area (Å²) in [5.74, 6) is -2.22. The summed E-state index contributed by atoms with van der Waals surface area (Å²) in [6.45, 7) is 9.40. The van der Waals surface area contributed by atoms with E-state index in [0.717, 1.165) is 5.56 Å². The van der Waals surface area contributed by atoms with Crippen LogP contribution in [-0.2, 0) is 20.8 Å². The first-order valence-electron chi connectivity index (χ1n) is 10.2. The zero-order valence-corrected chi connectivity index (χ0v) is 18.1. The quantitative estimate of drug-likeness (QED) is 0.521. The summed E-state index contributed by atoms with van der Waals surface area (Å²) in [5.41, 5.74) is 6.83. The topological polar surface area (TPSA) is 113 Å². The van der Waals surface area contributed by atoms with E-state index in [1.54, 1.807) is 13.8 Å². The number of amides is 2. The van der Waals surface area contributed by atoms with E-state index in [-0.39, 0.29) is 18.3 Å². The van der Waals surface area contributed by atoms with Gasteiger partial charge in [0.1, 0.15) is 12.1 Å². The van der Waals surface area contributed by atoms with Gasteiger partial charge in [-0.2, -0.15) is 0 Å². The molecule has 0 bridgehead atoms. The van der Waals surface area contributed by atoms with Crippen LogP contribution in [0.25, 0.3) is 0 Å². The van der Waals surface area contributed by atoms with Crippen molar-refractivity contribution in [2.75, 3.05) is 6.54 Å². The molecule has 0 aromatic heterocycles. The maximum atomic E-state index is 13.4. The van der Waals surface area contributed by atoms with Crippen LogP contribution >= 0.6 is 0 Å². The smallest absolute Gasteiger partial charge is 0.326 e. The number of rotatable bonds is 11. The molecule has 7 nitrogen and oxygen atoms in total. The molecule has 0 heterocycles. The van der Waals surface area contributed by atoms with Crippen LogP contribution in [0.4, 0.5) is 0 Å². The molecule has 4 N–H and O–H groups in total. The molecule has 0 radical (unpaired) electrons. The second kappa shape index (κ2) is 11.6. The van der Waals surface area contributed by atoms with Crippen molar-refractivity contribution in [1.82, 2.24) is 10.2 Å². The Kier molecular flexibility index (Phi) is 9.81. The lowest BCUT2D eigenvalue weighted by Gasteiger charge is -2.34. The van der Waals surface area contributed by atoms with E-state index in [1.807, 2.05) is 51.1 Å². The Morgan fingerprint density at radius 1 is 1.07 bits per heavy atom. The molecule has 0 fully saturated rings. The summed E-state index contributed by atoms with van der Waals surface area (Å²) in [4.78, 5) is 39.2. The van der Waals surface area contributed by atoms with Gasteiger partial charge in [-0.25, -0.2) is 4.79 Å². The molecule has 162 valence electrons. The fourth-order valence-corrected chi connectivity index (χ4v) is 3.23. The van der Waals surface area contributed by atoms with E-state index >= 15 is 0 Å². The summed E-state index contributed by atoms with van der Waals surface area (Å²) >= 11 is 0. The number of hydrogen-bond acceptors (Lipinski definition) is 4. The van der Waals surface area contributed by atoms with Crippen LogP contribution < -0.4 is 11.1 Å². The molecule has 0 saturated carbocycles. The third-order valence-corrected chi connectivity index (χ3v) is 4.89. The van der Waals surface area contributed by atoms with Gasteiger partial charge in [0.25, 0.3) is 0 Å². The molecule has 0 aliphatic heterocycles. The van der Waals surface area contributed by atoms with Crippen LogP contribution in [0.3, 0.4) is 0 Å². The number of benzene rings is 1. The van der Waals surface area contributed by atoms with E-state index in [0.29, 0.717) is 13.0 Å². The predicted octanol–water partition coefficient (Wildman–Crippen LogP) is 2.05. The van der Waals surface area contributed by atoms with Crippen molar-refractivity contribution < 1.29 is 19.5 Å². The van der Waals surface area contributed by atoms with Gasteiger partial charge in [0, 0.05) is 13.0 Å². The number of hydrogen-bond donors (Lipinski definition) is 3. The molecular formula is C22H35N3O4. The van der Waals surface area contributed by atoms with Crippen LogP contribution in [0.15, 0.2) is 30.3 Å². The maximum Gasteiger partial charge on any atom is 0.326 e. The average Bonchev–Trinajstić information content (AvgIpc) is 2.65. The summed E-state index contributed by atoms with van der Waals surface area (Å²) < 4.78 is 0. The van der Waals surface area contributed by atoms with E-state index in [9.17, 15) is 19.5 Å². The first kappa shape index (κ1) is 24.6. The molecule has 7 heteroatoms. The molecule has 2 amide bonds. The molecule has 0 aliphatic rings. The predicted molar refractivity (Wildman–Crippen MR) is 113 cm³/mol. The van der Waals surface area contributed by atoms with Crippen molar-refractivity contribution in [3.63, 3.8) is 0 Å². The van der Waals surface area contributed by atoms with Crippen molar-refractivity contribution in [2.45, 2.75) is 65.6 Å². The van der Waals surface area contributed by atoms with Gasteiger partial charge >= 0.3 is 5.97 Å². The normalized spacial score (nSPS) is 14.3. The Balaban J connectivity index is 3.23. The number of nitrogens with one attached hydrogen (secondary N) is 1. The number of aliphatic carboxylic acids is 1. The van der Waals surface area contributed by atoms with E-state index in [4.69, 9.17) is 5.73 Å². The van der Waals surface area contributed by atoms with Gasteiger partial charge in [-0.15, -0.1) is 0 Å². The zero-order chi connectivity index (χ0) is 22.1. The standard InChI is InChI=1S/C22H35N3O4/c1-6-12-25(19(15(4)5)22(28)29)21(27)17(13-16-10-8-7-9-11-16)24-20(26)18(23)14(2)3/h7-11,14-15,17-19H,6,12-13,23H2,1-5H3,(H,24,26)(H,28,29)/t17-,18-,19-/m0/s1. The van der Waals surface area contributed by atoms with Gasteiger partial charge in [0.15, 0.2) is 0 Å². The third kappa shape index (κ3) is 7.16. The molecule has 1 aromatic carbocycles. The minimum Gasteiger partial charge on any atom is -0.480 e. The first-order chi connectivity index (χ1) is 13.6. The number of nitrogens with zero attached hydrogens (tertiary/aromatic N) is 1. The summed E-state index contributed by atoms with van der Waals surface area (Å²) in [6, 6.07) is 6.73. The van der Waals surface area contributed by atoms with Gasteiger partial charge < -0.3 is 21.1 Å². The van der Waals surface area contributed by atoms with Gasteiger partial charge in [-0.3, -0.25) is 9.59 Å². The number of carboxylic acid groups (broad SMARTS) is 1. The van der Waals surface area contributed by atoms with E-state index < -0.39 is 35.9 Å². The highest BCUT2D eigenvalue weighted by Gasteiger charge is 2.36. The van der Waals surface area contributed by atoms with E-state index in [1.165, 1.54) is 4.90 Å². The Hall–Kier alpha value is -2.41. The summed E-state index contributed by atoms with van der Waals surface area (Å²) in [5, 5.41) is 12.5. The molecule has 0 spiro atoms. The largest absolute Gasteiger partial charge is 0.480 e. The Labute approximate surface area is 173 Å². The van der Waals surface area contributed by atoms with Gasteiger partial charge in [-0.1, -0.05) is 65.0 Å². The summed E-state index contributed by atoms with van der Waals surface area (Å²) in [7, 11) is 0. The van der Waals surface area contributed by atoms with Crippen molar-refractivity contribution in [3.05, 3.63) is 35.9 Å². The SMILES string of the molecule is CCCN(C(=O)[C@H](Cc1ccccc1)NC(=O)[C@@H](N)C(C)C)[C@H](C(=O)O)C(C)C. The first-order valence-corrected chi connectivity index (χ1v) is 10.2. The highest BCUT2D eigenvalue weighted by atomic mass is 16.4. The third-order valence-electron chi connectivity index (χ3n) is 4.89. The molecule has 29 heavy (non-hydrogen) atoms. The van der Waals surface area contributed by atoms with Crippen molar-refractivity contribution in [3.8, 4) is 0 Å². The van der Waals surface area contributed by atoms with Gasteiger partial charge in [-0.05, 0) is 23.8 Å². The average molecular weight is 406 g/mol. The number of carbonyl (C=O) groups is 3. The Morgan fingerprint density at radius 2 is 1.66 bits per heavy atom. The number of carboxylic acids is 1. The number of carbonyl (C=O) groups excluding carboxylic acids is 2. The lowest BCUT2D eigenvalue weighted by atomic mass is 9.98. The maximum absolute atomic E-state index is 13.4. The molecule has 3 atom stereocenters. The second-order valence-corrected chi connectivity index (χ2v) is 8.08. The second-order valence-electron chi connectivity index (χ2n) is 8.08. The fourth-order valence-electron chi connectivity index (χ4n) is 3.23. The lowest BCUT2D eigenvalue weighted by molar-refractivity contribution is -0.153. The van der Waals surface area contributed by atoms with Crippen LogP contribution in [0.1, 0.15) is 46.6 Å². The Bertz CT molecular complexity index is 676. The van der Waals surface area contributed by atoms with Gasteiger partial charge in [0.05, 0.1) is 6.04 Å². The fraction of sp³-hybridized carbons (Fsp3) is 0.591. The molecular weight excluding hydrogens is 370 g/mol. The Morgan fingerprint density at radius 3 is 2.10 bits per heavy atom. The highest BCUT2D eigenvalue weighted by molar-refractivity contribution is 5.92. The van der Waals surface area contributed by atoms with Crippen LogP contribution in [0, 0.1) is 11.8 Å².